The van der Waals surface area contributed by atoms with Crippen LogP contribution in [0.3, 0.4) is 0 Å². The molecule has 1 aliphatic carbocycles. The van der Waals surface area contributed by atoms with Crippen LogP contribution in [0, 0.1) is 11.3 Å². The first-order valence-electron chi connectivity index (χ1n) is 10.1. The highest BCUT2D eigenvalue weighted by molar-refractivity contribution is 6.73. The molecule has 1 aromatic rings. The van der Waals surface area contributed by atoms with Gasteiger partial charge in [-0.25, -0.2) is 0 Å². The van der Waals surface area contributed by atoms with E-state index in [2.05, 4.69) is 49.4 Å². The van der Waals surface area contributed by atoms with Gasteiger partial charge >= 0.3 is 0 Å². The van der Waals surface area contributed by atoms with E-state index >= 15 is 0 Å². The van der Waals surface area contributed by atoms with Gasteiger partial charge in [0.05, 0.1) is 14.9 Å². The summed E-state index contributed by atoms with van der Waals surface area (Å²) in [4.78, 5) is 0. The Morgan fingerprint density at radius 3 is 2.38 bits per heavy atom. The molecule has 2 aliphatic rings. The predicted molar refractivity (Wildman–Crippen MR) is 107 cm³/mol. The van der Waals surface area contributed by atoms with Crippen molar-refractivity contribution in [3.05, 3.63) is 42.5 Å². The van der Waals surface area contributed by atoms with E-state index in [1.807, 2.05) is 0 Å². The zero-order valence-electron chi connectivity index (χ0n) is 15.3. The fourth-order valence-corrected chi connectivity index (χ4v) is 8.91. The number of aliphatic hydroxyl groups excluding tert-OH is 1. The van der Waals surface area contributed by atoms with Crippen molar-refractivity contribution in [2.75, 3.05) is 0 Å². The third-order valence-corrected chi connectivity index (χ3v) is 10.2. The summed E-state index contributed by atoms with van der Waals surface area (Å²) in [5.74, 6) is 0.858. The second-order valence-electron chi connectivity index (χ2n) is 8.16. The minimum Gasteiger partial charge on any atom is -0.393 e. The lowest BCUT2D eigenvalue weighted by atomic mass is 9.63. The van der Waals surface area contributed by atoms with Crippen molar-refractivity contribution in [2.24, 2.45) is 11.3 Å². The van der Waals surface area contributed by atoms with Gasteiger partial charge in [0, 0.05) is 0 Å². The van der Waals surface area contributed by atoms with Gasteiger partial charge < -0.3 is 5.11 Å². The van der Waals surface area contributed by atoms with Gasteiger partial charge in [0.25, 0.3) is 0 Å². The third-order valence-electron chi connectivity index (χ3n) is 6.86. The van der Waals surface area contributed by atoms with Crippen LogP contribution < -0.4 is 5.19 Å². The molecule has 1 nitrogen and oxygen atoms in total. The average Bonchev–Trinajstić information content (AvgIpc) is 2.64. The van der Waals surface area contributed by atoms with Crippen molar-refractivity contribution < 1.29 is 5.11 Å². The summed E-state index contributed by atoms with van der Waals surface area (Å²) in [6, 6.07) is 14.3. The predicted octanol–water partition coefficient (Wildman–Crippen LogP) is 4.81. The van der Waals surface area contributed by atoms with Crippen LogP contribution in [0.4, 0.5) is 0 Å². The average molecular weight is 343 g/mol. The second kappa shape index (κ2) is 8.49. The van der Waals surface area contributed by atoms with E-state index in [1.165, 1.54) is 50.6 Å². The van der Waals surface area contributed by atoms with Gasteiger partial charge in [0.2, 0.25) is 0 Å². The number of benzene rings is 1. The molecule has 132 valence electrons. The zero-order chi connectivity index (χ0) is 16.8. The third kappa shape index (κ3) is 4.21. The first-order chi connectivity index (χ1) is 11.7. The van der Waals surface area contributed by atoms with E-state index in [9.17, 15) is 5.11 Å². The van der Waals surface area contributed by atoms with Gasteiger partial charge in [-0.3, -0.25) is 0 Å². The molecule has 0 bridgehead atoms. The minimum absolute atomic E-state index is 0.0242. The van der Waals surface area contributed by atoms with Gasteiger partial charge in [-0.15, -0.1) is 0 Å². The molecule has 0 unspecified atom stereocenters. The van der Waals surface area contributed by atoms with Crippen molar-refractivity contribution in [3.8, 4) is 0 Å². The highest BCUT2D eigenvalue weighted by Gasteiger charge is 2.42. The summed E-state index contributed by atoms with van der Waals surface area (Å²) in [5, 5.41) is 11.6. The fourth-order valence-electron chi connectivity index (χ4n) is 5.34. The molecule has 0 amide bonds. The van der Waals surface area contributed by atoms with Crippen molar-refractivity contribution in [1.82, 2.24) is 0 Å². The van der Waals surface area contributed by atoms with Crippen molar-refractivity contribution in [1.29, 1.82) is 0 Å². The maximum Gasteiger partial charge on any atom is 0.0708 e. The number of allylic oxidation sites excluding steroid dienone is 2. The van der Waals surface area contributed by atoms with E-state index < -0.39 is 8.80 Å². The highest BCUT2D eigenvalue weighted by atomic mass is 28.3. The topological polar surface area (TPSA) is 20.2 Å². The molecule has 1 saturated heterocycles. The minimum atomic E-state index is -0.742. The van der Waals surface area contributed by atoms with Gasteiger partial charge in [-0.05, 0) is 69.6 Å². The molecule has 0 aromatic heterocycles. The Bertz CT molecular complexity index is 508. The fraction of sp³-hybridized carbons (Fsp3) is 0.636. The monoisotopic (exact) mass is 342 g/mol. The summed E-state index contributed by atoms with van der Waals surface area (Å²) >= 11 is 0. The SMILES string of the molecule is C/C=C/CCC1(C2CCC(O)CC2)CC[SiH](c2ccccc2)CC1. The van der Waals surface area contributed by atoms with Crippen LogP contribution in [0.2, 0.25) is 12.1 Å². The summed E-state index contributed by atoms with van der Waals surface area (Å²) in [7, 11) is -0.742. The summed E-state index contributed by atoms with van der Waals surface area (Å²) in [5.41, 5.74) is 0.567. The Labute approximate surface area is 149 Å². The Kier molecular flexibility index (Phi) is 6.35. The molecule has 0 radical (unpaired) electrons. The van der Waals surface area contributed by atoms with Crippen LogP contribution in [0.5, 0.6) is 0 Å². The van der Waals surface area contributed by atoms with Crippen LogP contribution >= 0.6 is 0 Å². The van der Waals surface area contributed by atoms with Crippen LogP contribution in [0.25, 0.3) is 0 Å². The first-order valence-corrected chi connectivity index (χ1v) is 12.3. The largest absolute Gasteiger partial charge is 0.393 e. The zero-order valence-corrected chi connectivity index (χ0v) is 16.4. The van der Waals surface area contributed by atoms with Crippen LogP contribution in [0.1, 0.15) is 58.3 Å². The maximum atomic E-state index is 9.91. The molecule has 1 aliphatic heterocycles. The lowest BCUT2D eigenvalue weighted by molar-refractivity contribution is 0.0362. The molecule has 3 rings (SSSR count). The van der Waals surface area contributed by atoms with E-state index in [-0.39, 0.29) is 6.10 Å². The summed E-state index contributed by atoms with van der Waals surface area (Å²) in [6.07, 6.45) is 14.6. The number of rotatable bonds is 5. The lowest BCUT2D eigenvalue weighted by Gasteiger charge is -2.48. The van der Waals surface area contributed by atoms with Crippen molar-refractivity contribution >= 4 is 14.0 Å². The van der Waals surface area contributed by atoms with Crippen LogP contribution in [-0.4, -0.2) is 20.0 Å². The quantitative estimate of drug-likeness (QED) is 0.601. The van der Waals surface area contributed by atoms with Gasteiger partial charge in [0.1, 0.15) is 0 Å². The molecule has 0 spiro atoms. The summed E-state index contributed by atoms with van der Waals surface area (Å²) in [6.45, 7) is 2.14. The van der Waals surface area contributed by atoms with Gasteiger partial charge in [-0.1, -0.05) is 59.8 Å². The molecule has 24 heavy (non-hydrogen) atoms. The lowest BCUT2D eigenvalue weighted by Crippen LogP contribution is -2.43. The number of hydrogen-bond acceptors (Lipinski definition) is 1. The Morgan fingerprint density at radius 1 is 1.08 bits per heavy atom. The first kappa shape index (κ1) is 17.9. The van der Waals surface area contributed by atoms with Crippen molar-refractivity contribution in [3.63, 3.8) is 0 Å². The summed E-state index contributed by atoms with van der Waals surface area (Å²) < 4.78 is 0. The van der Waals surface area contributed by atoms with Crippen LogP contribution in [-0.2, 0) is 0 Å². The smallest absolute Gasteiger partial charge is 0.0708 e. The Hall–Kier alpha value is -0.863. The molecule has 1 N–H and O–H groups in total. The molecule has 2 heteroatoms. The molecule has 1 heterocycles. The van der Waals surface area contributed by atoms with Crippen molar-refractivity contribution in [2.45, 2.75) is 76.5 Å². The molecule has 1 saturated carbocycles. The second-order valence-corrected chi connectivity index (χ2v) is 11.4. The van der Waals surface area contributed by atoms with E-state index in [0.717, 1.165) is 18.8 Å². The normalized spacial score (nSPS) is 34.5. The van der Waals surface area contributed by atoms with E-state index in [1.54, 1.807) is 5.19 Å². The maximum absolute atomic E-state index is 9.91. The van der Waals surface area contributed by atoms with E-state index in [4.69, 9.17) is 0 Å². The van der Waals surface area contributed by atoms with Crippen LogP contribution in [0.15, 0.2) is 42.5 Å². The number of hydrogen-bond donors (Lipinski definition) is 1. The molecular formula is C22H34OSi. The highest BCUT2D eigenvalue weighted by Crippen LogP contribution is 2.51. The molecule has 0 atom stereocenters. The molecule has 1 aromatic carbocycles. The Balaban J connectivity index is 1.68. The van der Waals surface area contributed by atoms with Gasteiger partial charge in [0.15, 0.2) is 0 Å². The molecule has 2 fully saturated rings. The van der Waals surface area contributed by atoms with Gasteiger partial charge in [-0.2, -0.15) is 0 Å². The Morgan fingerprint density at radius 2 is 1.75 bits per heavy atom. The molecular weight excluding hydrogens is 308 g/mol. The number of aliphatic hydroxyl groups is 1. The van der Waals surface area contributed by atoms with E-state index in [0.29, 0.717) is 5.41 Å². The standard InChI is InChI=1S/C22H34OSi/c1-2-3-7-14-22(19-10-12-20(23)13-11-19)15-17-24(18-16-22)21-8-5-4-6-9-21/h2-6,8-9,19-20,23-24H,7,10-18H2,1H3/b3-2+.